The molecule has 5 rings (SSSR count). The second-order valence-corrected chi connectivity index (χ2v) is 11.9. The molecule has 1 fully saturated rings. The summed E-state index contributed by atoms with van der Waals surface area (Å²) in [6.45, 7) is 3.06. The number of rotatable bonds is 14. The summed E-state index contributed by atoms with van der Waals surface area (Å²) in [6, 6.07) is 35.9. The minimum Gasteiger partial charge on any atom is -0.374 e. The van der Waals surface area contributed by atoms with Crippen molar-refractivity contribution in [2.24, 2.45) is 0 Å². The van der Waals surface area contributed by atoms with Gasteiger partial charge in [-0.25, -0.2) is 0 Å². The van der Waals surface area contributed by atoms with E-state index in [-0.39, 0.29) is 18.1 Å². The molecule has 4 atom stereocenters. The van der Waals surface area contributed by atoms with Crippen molar-refractivity contribution in [1.82, 2.24) is 0 Å². The molecule has 4 aromatic rings. The Morgan fingerprint density at radius 2 is 1.24 bits per heavy atom. The molecule has 1 aliphatic rings. The molecule has 0 aromatic heterocycles. The summed E-state index contributed by atoms with van der Waals surface area (Å²) in [7, 11) is -4.13. The average Bonchev–Trinajstić information content (AvgIpc) is 3.43. The first kappa shape index (κ1) is 30.1. The predicted molar refractivity (Wildman–Crippen MR) is 159 cm³/mol. The highest BCUT2D eigenvalue weighted by atomic mass is 32.2. The van der Waals surface area contributed by atoms with Crippen molar-refractivity contribution in [3.63, 3.8) is 0 Å². The summed E-state index contributed by atoms with van der Waals surface area (Å²) in [5, 5.41) is 0. The lowest BCUT2D eigenvalue weighted by Crippen LogP contribution is -2.45. The van der Waals surface area contributed by atoms with Crippen LogP contribution in [0, 0.1) is 6.92 Å². The molecular formula is C34H36O7S. The molecule has 0 amide bonds. The van der Waals surface area contributed by atoms with Gasteiger partial charge in [0.25, 0.3) is 10.1 Å². The Kier molecular flexibility index (Phi) is 10.5. The fourth-order valence-electron chi connectivity index (χ4n) is 4.78. The van der Waals surface area contributed by atoms with Crippen LogP contribution >= 0.6 is 0 Å². The van der Waals surface area contributed by atoms with Crippen molar-refractivity contribution in [1.29, 1.82) is 0 Å². The van der Waals surface area contributed by atoms with E-state index >= 15 is 0 Å². The summed E-state index contributed by atoms with van der Waals surface area (Å²) < 4.78 is 57.6. The zero-order chi connectivity index (χ0) is 29.2. The van der Waals surface area contributed by atoms with Crippen molar-refractivity contribution in [3.05, 3.63) is 138 Å². The highest BCUT2D eigenvalue weighted by molar-refractivity contribution is 7.86. The minimum atomic E-state index is -4.13. The number of ether oxygens (including phenoxy) is 4. The van der Waals surface area contributed by atoms with Gasteiger partial charge in [0.15, 0.2) is 0 Å². The van der Waals surface area contributed by atoms with Gasteiger partial charge in [-0.2, -0.15) is 8.42 Å². The van der Waals surface area contributed by atoms with Crippen LogP contribution in [0.3, 0.4) is 0 Å². The second-order valence-electron chi connectivity index (χ2n) is 10.3. The molecule has 1 saturated heterocycles. The number of benzene rings is 4. The van der Waals surface area contributed by atoms with Crippen molar-refractivity contribution < 1.29 is 31.5 Å². The molecule has 1 aliphatic heterocycles. The molecule has 0 bridgehead atoms. The summed E-state index contributed by atoms with van der Waals surface area (Å²) >= 11 is 0. The van der Waals surface area contributed by atoms with Gasteiger partial charge in [0.05, 0.1) is 37.9 Å². The fourth-order valence-corrected chi connectivity index (χ4v) is 5.85. The van der Waals surface area contributed by atoms with Gasteiger partial charge in [-0.3, -0.25) is 4.18 Å². The molecule has 0 spiro atoms. The van der Waals surface area contributed by atoms with E-state index in [4.69, 9.17) is 23.1 Å². The Morgan fingerprint density at radius 1 is 0.714 bits per heavy atom. The standard InChI is InChI=1S/C34H36O7S/c1-26-17-19-30(20-18-26)42(35,36)41-32(24-37-21-27-11-5-2-6-12-27)34-33(39-23-29-15-9-4-10-16-29)31(25-40-34)38-22-28-13-7-3-8-14-28/h2-20,31-34H,21-25H2,1H3/t31-,32+,33+,34+/m0/s1. The topological polar surface area (TPSA) is 80.3 Å². The molecule has 0 radical (unpaired) electrons. The van der Waals surface area contributed by atoms with Gasteiger partial charge in [0.2, 0.25) is 0 Å². The van der Waals surface area contributed by atoms with E-state index in [1.807, 2.05) is 97.9 Å². The highest BCUT2D eigenvalue weighted by Gasteiger charge is 2.45. The van der Waals surface area contributed by atoms with E-state index in [1.54, 1.807) is 12.1 Å². The number of hydrogen-bond acceptors (Lipinski definition) is 7. The Labute approximate surface area is 248 Å². The van der Waals surface area contributed by atoms with Crippen LogP contribution in [-0.4, -0.2) is 46.0 Å². The third-order valence-corrected chi connectivity index (χ3v) is 8.41. The zero-order valence-corrected chi connectivity index (χ0v) is 24.4. The third-order valence-electron chi connectivity index (χ3n) is 7.06. The fraction of sp³-hybridized carbons (Fsp3) is 0.294. The molecule has 8 heteroatoms. The van der Waals surface area contributed by atoms with Crippen molar-refractivity contribution in [3.8, 4) is 0 Å². The summed E-state index contributed by atoms with van der Waals surface area (Å²) in [5.74, 6) is 0. The van der Waals surface area contributed by atoms with E-state index < -0.39 is 34.5 Å². The number of hydrogen-bond donors (Lipinski definition) is 0. The van der Waals surface area contributed by atoms with E-state index in [2.05, 4.69) is 0 Å². The lowest BCUT2D eigenvalue weighted by molar-refractivity contribution is -0.107. The van der Waals surface area contributed by atoms with Crippen LogP contribution < -0.4 is 0 Å². The van der Waals surface area contributed by atoms with Gasteiger partial charge in [-0.1, -0.05) is 109 Å². The molecule has 42 heavy (non-hydrogen) atoms. The van der Waals surface area contributed by atoms with Gasteiger partial charge in [0, 0.05) is 0 Å². The Bertz CT molecular complexity index is 1460. The van der Waals surface area contributed by atoms with Crippen molar-refractivity contribution >= 4 is 10.1 Å². The lowest BCUT2D eigenvalue weighted by atomic mass is 10.1. The second kappa shape index (κ2) is 14.7. The van der Waals surface area contributed by atoms with Crippen LogP contribution in [0.5, 0.6) is 0 Å². The SMILES string of the molecule is Cc1ccc(S(=O)(=O)O[C@H](COCc2ccccc2)[C@H]2OC[C@H](OCc3ccccc3)[C@H]2OCc2ccccc2)cc1. The highest BCUT2D eigenvalue weighted by Crippen LogP contribution is 2.29. The van der Waals surface area contributed by atoms with E-state index in [0.717, 1.165) is 22.3 Å². The molecule has 220 valence electrons. The molecule has 0 N–H and O–H groups in total. The van der Waals surface area contributed by atoms with Gasteiger partial charge in [-0.05, 0) is 35.7 Å². The van der Waals surface area contributed by atoms with Crippen LogP contribution in [0.25, 0.3) is 0 Å². The van der Waals surface area contributed by atoms with Crippen molar-refractivity contribution in [2.45, 2.75) is 56.1 Å². The Balaban J connectivity index is 1.37. The molecule has 1 heterocycles. The molecule has 0 unspecified atom stereocenters. The largest absolute Gasteiger partial charge is 0.374 e. The molecular weight excluding hydrogens is 552 g/mol. The van der Waals surface area contributed by atoms with E-state index in [1.165, 1.54) is 12.1 Å². The van der Waals surface area contributed by atoms with Crippen LogP contribution in [0.4, 0.5) is 0 Å². The van der Waals surface area contributed by atoms with Crippen LogP contribution in [-0.2, 0) is 53.1 Å². The first-order chi connectivity index (χ1) is 20.5. The minimum absolute atomic E-state index is 0.0265. The normalized spacial score (nSPS) is 19.5. The van der Waals surface area contributed by atoms with Gasteiger partial charge < -0.3 is 18.9 Å². The van der Waals surface area contributed by atoms with E-state index in [9.17, 15) is 8.42 Å². The lowest BCUT2D eigenvalue weighted by Gasteiger charge is -2.29. The maximum atomic E-state index is 13.4. The smallest absolute Gasteiger partial charge is 0.297 e. The first-order valence-electron chi connectivity index (χ1n) is 14.0. The Hall–Kier alpha value is -3.37. The van der Waals surface area contributed by atoms with Gasteiger partial charge >= 0.3 is 0 Å². The summed E-state index contributed by atoms with van der Waals surface area (Å²) in [5.41, 5.74) is 3.91. The van der Waals surface area contributed by atoms with Gasteiger partial charge in [0.1, 0.15) is 24.4 Å². The maximum absolute atomic E-state index is 13.4. The zero-order valence-electron chi connectivity index (χ0n) is 23.6. The molecule has 0 aliphatic carbocycles. The van der Waals surface area contributed by atoms with Gasteiger partial charge in [-0.15, -0.1) is 0 Å². The molecule has 7 nitrogen and oxygen atoms in total. The molecule has 4 aromatic carbocycles. The Morgan fingerprint density at radius 3 is 1.81 bits per heavy atom. The van der Waals surface area contributed by atoms with Crippen LogP contribution in [0.1, 0.15) is 22.3 Å². The monoisotopic (exact) mass is 588 g/mol. The van der Waals surface area contributed by atoms with E-state index in [0.29, 0.717) is 19.8 Å². The summed E-state index contributed by atoms with van der Waals surface area (Å²) in [6.07, 6.45) is -2.79. The average molecular weight is 589 g/mol. The third kappa shape index (κ3) is 8.35. The van der Waals surface area contributed by atoms with Crippen LogP contribution in [0.15, 0.2) is 120 Å². The maximum Gasteiger partial charge on any atom is 0.297 e. The van der Waals surface area contributed by atoms with Crippen LogP contribution in [0.2, 0.25) is 0 Å². The van der Waals surface area contributed by atoms with Crippen molar-refractivity contribution in [2.75, 3.05) is 13.2 Å². The molecule has 0 saturated carbocycles. The number of aryl methyl sites for hydroxylation is 1. The first-order valence-corrected chi connectivity index (χ1v) is 15.4. The predicted octanol–water partition coefficient (Wildman–Crippen LogP) is 5.86. The summed E-state index contributed by atoms with van der Waals surface area (Å²) in [4.78, 5) is 0.0674. The quantitative estimate of drug-likeness (QED) is 0.171.